The van der Waals surface area contributed by atoms with Gasteiger partial charge in [-0.05, 0) is 59.5 Å². The number of H-pyrrole nitrogens is 2. The van der Waals surface area contributed by atoms with Gasteiger partial charge in [0.1, 0.15) is 34.1 Å². The summed E-state index contributed by atoms with van der Waals surface area (Å²) in [7, 11) is 1.63. The lowest BCUT2D eigenvalue weighted by Gasteiger charge is -2.28. The molecule has 2 fully saturated rings. The number of hydrogen-bond acceptors (Lipinski definition) is 13. The van der Waals surface area contributed by atoms with Crippen molar-refractivity contribution in [1.82, 2.24) is 50.3 Å². The van der Waals surface area contributed by atoms with E-state index < -0.39 is 0 Å². The molecule has 0 atom stereocenters. The highest BCUT2D eigenvalue weighted by molar-refractivity contribution is 6.07. The lowest BCUT2D eigenvalue weighted by Crippen LogP contribution is -2.36. The number of ether oxygens (including phenoxy) is 3. The van der Waals surface area contributed by atoms with Crippen molar-refractivity contribution in [1.29, 1.82) is 0 Å². The zero-order valence-corrected chi connectivity index (χ0v) is 32.8. The summed E-state index contributed by atoms with van der Waals surface area (Å²) in [6.07, 6.45) is 12.6. The fraction of sp³-hybridized carbons (Fsp3) is 0.200. The Labute approximate surface area is 344 Å². The van der Waals surface area contributed by atoms with Crippen LogP contribution in [0.3, 0.4) is 0 Å². The first-order valence-corrected chi connectivity index (χ1v) is 19.8. The number of benzene rings is 1. The van der Waals surface area contributed by atoms with Crippen LogP contribution >= 0.6 is 0 Å². The molecule has 10 heterocycles. The average Bonchev–Trinajstić information content (AvgIpc) is 4.08. The minimum atomic E-state index is 0.577. The molecule has 0 radical (unpaired) electrons. The van der Waals surface area contributed by atoms with E-state index >= 15 is 0 Å². The van der Waals surface area contributed by atoms with Gasteiger partial charge in [0.05, 0.1) is 44.9 Å². The number of anilines is 2. The van der Waals surface area contributed by atoms with Crippen LogP contribution in [0.2, 0.25) is 0 Å². The molecule has 0 bridgehead atoms. The van der Waals surface area contributed by atoms with Crippen molar-refractivity contribution in [3.63, 3.8) is 0 Å². The van der Waals surface area contributed by atoms with Gasteiger partial charge in [-0.2, -0.15) is 10.2 Å². The zero-order chi connectivity index (χ0) is 40.3. The Morgan fingerprint density at radius 2 is 1.13 bits per heavy atom. The Morgan fingerprint density at radius 1 is 0.550 bits per heavy atom. The first-order valence-electron chi connectivity index (χ1n) is 19.8. The summed E-state index contributed by atoms with van der Waals surface area (Å²) in [5, 5.41) is 18.5. The molecule has 2 N–H and O–H groups in total. The van der Waals surface area contributed by atoms with Crippen LogP contribution in [0.15, 0.2) is 116 Å². The van der Waals surface area contributed by atoms with E-state index in [0.29, 0.717) is 32.3 Å². The number of morpholine rings is 2. The van der Waals surface area contributed by atoms with Crippen LogP contribution in [0.25, 0.3) is 77.6 Å². The molecule has 2 aliphatic rings. The Balaban J connectivity index is 0.000000145. The molecule has 0 amide bonds. The first kappa shape index (κ1) is 36.9. The van der Waals surface area contributed by atoms with Gasteiger partial charge in [0.2, 0.25) is 5.88 Å². The normalized spacial score (nSPS) is 14.3. The predicted molar refractivity (Wildman–Crippen MR) is 231 cm³/mol. The Kier molecular flexibility index (Phi) is 10.1. The molecule has 15 heteroatoms. The minimum Gasteiger partial charge on any atom is -0.481 e. The average molecular weight is 797 g/mol. The molecule has 298 valence electrons. The molecular weight excluding hydrogens is 757 g/mol. The molecular formula is C45H40N12O3. The van der Waals surface area contributed by atoms with Gasteiger partial charge in [-0.15, -0.1) is 0 Å². The van der Waals surface area contributed by atoms with E-state index in [1.807, 2.05) is 61.1 Å². The number of nitrogens with zero attached hydrogens (tertiary/aromatic N) is 10. The Morgan fingerprint density at radius 3 is 1.70 bits per heavy atom. The fourth-order valence-corrected chi connectivity index (χ4v) is 7.89. The minimum absolute atomic E-state index is 0.577. The van der Waals surface area contributed by atoms with Crippen LogP contribution in [0.1, 0.15) is 0 Å². The summed E-state index contributed by atoms with van der Waals surface area (Å²) in [5.41, 5.74) is 8.98. The number of pyridine rings is 6. The van der Waals surface area contributed by atoms with Gasteiger partial charge in [-0.1, -0.05) is 24.3 Å². The Bertz CT molecular complexity index is 2910. The molecule has 1 aromatic carbocycles. The number of fused-ring (bicyclic) bond motifs is 3. The molecule has 11 rings (SSSR count). The highest BCUT2D eigenvalue weighted by Gasteiger charge is 2.22. The molecule has 2 aliphatic heterocycles. The van der Waals surface area contributed by atoms with E-state index in [9.17, 15) is 0 Å². The predicted octanol–water partition coefficient (Wildman–Crippen LogP) is 7.00. The lowest BCUT2D eigenvalue weighted by atomic mass is 9.97. The van der Waals surface area contributed by atoms with Gasteiger partial charge in [0, 0.05) is 102 Å². The number of aromatic amines is 2. The third kappa shape index (κ3) is 7.09. The van der Waals surface area contributed by atoms with Crippen LogP contribution in [0.5, 0.6) is 5.88 Å². The van der Waals surface area contributed by atoms with E-state index in [4.69, 9.17) is 24.2 Å². The molecule has 15 nitrogen and oxygen atoms in total. The van der Waals surface area contributed by atoms with Gasteiger partial charge in [0.15, 0.2) is 0 Å². The highest BCUT2D eigenvalue weighted by atomic mass is 16.5. The topological polar surface area (TPSA) is 169 Å². The van der Waals surface area contributed by atoms with Gasteiger partial charge in [-0.3, -0.25) is 25.1 Å². The van der Waals surface area contributed by atoms with Crippen LogP contribution in [0.4, 0.5) is 11.6 Å². The monoisotopic (exact) mass is 796 g/mol. The smallest absolute Gasteiger partial charge is 0.221 e. The summed E-state index contributed by atoms with van der Waals surface area (Å²) in [5.74, 6) is 2.39. The summed E-state index contributed by atoms with van der Waals surface area (Å²) in [6, 6.07) is 24.4. The maximum Gasteiger partial charge on any atom is 0.221 e. The van der Waals surface area contributed by atoms with Crippen molar-refractivity contribution >= 4 is 44.2 Å². The molecule has 0 spiro atoms. The fourth-order valence-electron chi connectivity index (χ4n) is 7.89. The van der Waals surface area contributed by atoms with Crippen molar-refractivity contribution < 1.29 is 14.2 Å². The van der Waals surface area contributed by atoms with E-state index in [1.165, 1.54) is 0 Å². The van der Waals surface area contributed by atoms with E-state index in [1.54, 1.807) is 31.9 Å². The molecule has 9 aromatic rings. The van der Waals surface area contributed by atoms with Crippen LogP contribution < -0.4 is 14.5 Å². The second-order valence-electron chi connectivity index (χ2n) is 14.3. The third-order valence-electron chi connectivity index (χ3n) is 10.8. The molecule has 0 unspecified atom stereocenters. The van der Waals surface area contributed by atoms with Crippen molar-refractivity contribution in [3.8, 4) is 50.9 Å². The second kappa shape index (κ2) is 16.5. The number of rotatable bonds is 7. The molecule has 2 saturated heterocycles. The van der Waals surface area contributed by atoms with E-state index in [0.717, 1.165) is 115 Å². The number of hydrogen-bond donors (Lipinski definition) is 2. The number of aromatic nitrogens is 10. The van der Waals surface area contributed by atoms with Crippen LogP contribution in [0, 0.1) is 0 Å². The number of nitrogens with one attached hydrogen (secondary N) is 2. The van der Waals surface area contributed by atoms with Crippen LogP contribution in [-0.4, -0.2) is 110 Å². The van der Waals surface area contributed by atoms with Gasteiger partial charge >= 0.3 is 0 Å². The largest absolute Gasteiger partial charge is 0.481 e. The van der Waals surface area contributed by atoms with E-state index in [2.05, 4.69) is 80.5 Å². The van der Waals surface area contributed by atoms with Gasteiger partial charge in [0.25, 0.3) is 0 Å². The van der Waals surface area contributed by atoms with Crippen molar-refractivity contribution in [3.05, 3.63) is 116 Å². The summed E-state index contributed by atoms with van der Waals surface area (Å²) < 4.78 is 16.6. The molecule has 0 saturated carbocycles. The molecule has 0 aliphatic carbocycles. The highest BCUT2D eigenvalue weighted by Crippen LogP contribution is 2.39. The Hall–Kier alpha value is -7.36. The van der Waals surface area contributed by atoms with Crippen molar-refractivity contribution in [2.75, 3.05) is 69.5 Å². The van der Waals surface area contributed by atoms with Gasteiger partial charge in [-0.25, -0.2) is 15.0 Å². The SMILES string of the molecule is COc1ncccc1-c1cc(N2CCOCC2)nc2c(-c3ccn[nH]3)nccc12.c1ccc2c(-c3cc(N4CCOCC4)nc4c(-c5ccn[nH]5)nccc34)cncc2c1. The van der Waals surface area contributed by atoms with Crippen molar-refractivity contribution in [2.45, 2.75) is 0 Å². The van der Waals surface area contributed by atoms with E-state index in [-0.39, 0.29) is 0 Å². The zero-order valence-electron chi connectivity index (χ0n) is 32.8. The standard InChI is InChI=1S/C24H20N6O.C21H20N6O2/c1-2-4-17-16(3-1)14-25-15-20(17)19-13-22(30-9-11-31-12-10-30)28-23-18(19)5-7-26-24(23)21-6-8-27-29-21;1-28-21-15(3-2-6-23-21)16-13-18(27-9-11-29-12-10-27)25-19-14(16)4-7-22-20(19)17-5-8-24-26-17/h1-8,13-15H,9-12H2,(H,27,29);2-8,13H,9-12H2,1H3,(H,24,26). The molecule has 8 aromatic heterocycles. The van der Waals surface area contributed by atoms with Crippen molar-refractivity contribution in [2.24, 2.45) is 0 Å². The maximum atomic E-state index is 5.56. The van der Waals surface area contributed by atoms with Gasteiger partial charge < -0.3 is 24.0 Å². The lowest BCUT2D eigenvalue weighted by molar-refractivity contribution is 0.122. The third-order valence-corrected chi connectivity index (χ3v) is 10.8. The number of methoxy groups -OCH3 is 1. The maximum absolute atomic E-state index is 5.56. The summed E-state index contributed by atoms with van der Waals surface area (Å²) in [6.45, 7) is 5.98. The first-order chi connectivity index (χ1) is 29.7. The second-order valence-corrected chi connectivity index (χ2v) is 14.3. The molecule has 60 heavy (non-hydrogen) atoms. The quantitative estimate of drug-likeness (QED) is 0.169. The summed E-state index contributed by atoms with van der Waals surface area (Å²) in [4.78, 5) is 32.7. The van der Waals surface area contributed by atoms with Crippen LogP contribution in [-0.2, 0) is 9.47 Å². The summed E-state index contributed by atoms with van der Waals surface area (Å²) >= 11 is 0.